The van der Waals surface area contributed by atoms with Gasteiger partial charge in [-0.3, -0.25) is 0 Å². The van der Waals surface area contributed by atoms with E-state index in [-0.39, 0.29) is 21.9 Å². The van der Waals surface area contributed by atoms with Gasteiger partial charge in [0.1, 0.15) is 0 Å². The summed E-state index contributed by atoms with van der Waals surface area (Å²) >= 11 is 0. The molecule has 0 aliphatic heterocycles. The third-order valence-electron chi connectivity index (χ3n) is 4.11. The topological polar surface area (TPSA) is 38.3 Å². The molecule has 5 heteroatoms. The third-order valence-corrected chi connectivity index (χ3v) is 10.3. The molecule has 3 atom stereocenters. The van der Waals surface area contributed by atoms with Gasteiger partial charge in [-0.1, -0.05) is 27.7 Å². The molecular formula is C15H35NO2SSi. The van der Waals surface area contributed by atoms with E-state index in [9.17, 15) is 4.21 Å². The second-order valence-corrected chi connectivity index (χ2v) is 14.9. The molecule has 1 N–H and O–H groups in total. The number of nitrogens with one attached hydrogen (secondary N) is 1. The van der Waals surface area contributed by atoms with Crippen molar-refractivity contribution >= 4 is 19.3 Å². The summed E-state index contributed by atoms with van der Waals surface area (Å²) in [7, 11) is -2.83. The maximum absolute atomic E-state index is 12.3. The van der Waals surface area contributed by atoms with Crippen LogP contribution >= 0.6 is 0 Å². The number of hydrogen-bond donors (Lipinski definition) is 1. The molecule has 0 aromatic heterocycles. The van der Waals surface area contributed by atoms with Crippen LogP contribution in [0.5, 0.6) is 0 Å². The van der Waals surface area contributed by atoms with Gasteiger partial charge in [-0.05, 0) is 52.2 Å². The quantitative estimate of drug-likeness (QED) is 0.744. The maximum Gasteiger partial charge on any atom is 0.192 e. The summed E-state index contributed by atoms with van der Waals surface area (Å²) in [6, 6.07) is 0.129. The van der Waals surface area contributed by atoms with Crippen molar-refractivity contribution in [2.75, 3.05) is 0 Å². The van der Waals surface area contributed by atoms with Crippen molar-refractivity contribution < 1.29 is 8.63 Å². The summed E-state index contributed by atoms with van der Waals surface area (Å²) in [5, 5.41) is 0.197. The van der Waals surface area contributed by atoms with Crippen molar-refractivity contribution in [3.8, 4) is 0 Å². The van der Waals surface area contributed by atoms with Crippen LogP contribution in [-0.2, 0) is 15.4 Å². The minimum absolute atomic E-state index is 0.0761. The minimum atomic E-state index is -1.78. The zero-order valence-corrected chi connectivity index (χ0v) is 16.9. The summed E-state index contributed by atoms with van der Waals surface area (Å²) in [4.78, 5) is 0. The second kappa shape index (κ2) is 7.03. The van der Waals surface area contributed by atoms with Gasteiger partial charge in [0.25, 0.3) is 0 Å². The summed E-state index contributed by atoms with van der Waals surface area (Å²) in [5.74, 6) is 0. The standard InChI is InChI=1S/C15H35NO2SSi/c1-11-13(16-19(17)14(3,4)5)12(2)18-20(9,10)15(6,7)8/h12-13,16H,11H2,1-10H3/t12-,13-,19-/m0/s1. The molecule has 0 fully saturated rings. The molecule has 0 radical (unpaired) electrons. The normalized spacial score (nSPS) is 18.7. The Labute approximate surface area is 130 Å². The van der Waals surface area contributed by atoms with Crippen molar-refractivity contribution in [1.29, 1.82) is 0 Å². The first kappa shape index (κ1) is 20.3. The van der Waals surface area contributed by atoms with Gasteiger partial charge in [0, 0.05) is 6.04 Å². The maximum atomic E-state index is 12.3. The second-order valence-electron chi connectivity index (χ2n) is 8.10. The van der Waals surface area contributed by atoms with Crippen molar-refractivity contribution in [2.45, 2.75) is 96.8 Å². The molecule has 0 amide bonds. The monoisotopic (exact) mass is 321 g/mol. The van der Waals surface area contributed by atoms with Crippen LogP contribution in [0.4, 0.5) is 0 Å². The van der Waals surface area contributed by atoms with Crippen LogP contribution in [0.3, 0.4) is 0 Å². The highest BCUT2D eigenvalue weighted by Crippen LogP contribution is 2.37. The molecule has 0 unspecified atom stereocenters. The first-order valence-electron chi connectivity index (χ1n) is 7.58. The molecule has 0 aromatic rings. The van der Waals surface area contributed by atoms with Crippen molar-refractivity contribution in [2.24, 2.45) is 0 Å². The van der Waals surface area contributed by atoms with E-state index < -0.39 is 19.3 Å². The van der Waals surface area contributed by atoms with E-state index in [0.717, 1.165) is 6.42 Å². The number of rotatable bonds is 6. The van der Waals surface area contributed by atoms with Gasteiger partial charge in [-0.25, -0.2) is 8.93 Å². The van der Waals surface area contributed by atoms with E-state index >= 15 is 0 Å². The van der Waals surface area contributed by atoms with Crippen molar-refractivity contribution in [1.82, 2.24) is 4.72 Å². The van der Waals surface area contributed by atoms with Crippen molar-refractivity contribution in [3.05, 3.63) is 0 Å². The average Bonchev–Trinajstić information content (AvgIpc) is 2.21. The Morgan fingerprint density at radius 1 is 1.15 bits per heavy atom. The Hall–Kier alpha value is 0.287. The predicted molar refractivity (Wildman–Crippen MR) is 92.9 cm³/mol. The van der Waals surface area contributed by atoms with Gasteiger partial charge in [-0.2, -0.15) is 0 Å². The molecule has 0 bridgehead atoms. The highest BCUT2D eigenvalue weighted by Gasteiger charge is 2.39. The smallest absolute Gasteiger partial charge is 0.192 e. The molecule has 0 aromatic carbocycles. The molecule has 20 heavy (non-hydrogen) atoms. The molecule has 0 saturated carbocycles. The third kappa shape index (κ3) is 5.96. The van der Waals surface area contributed by atoms with Crippen LogP contribution in [0.25, 0.3) is 0 Å². The minimum Gasteiger partial charge on any atom is -0.413 e. The zero-order valence-electron chi connectivity index (χ0n) is 15.1. The van der Waals surface area contributed by atoms with Crippen LogP contribution < -0.4 is 4.72 Å². The van der Waals surface area contributed by atoms with Gasteiger partial charge in [0.15, 0.2) is 8.32 Å². The summed E-state index contributed by atoms with van der Waals surface area (Å²) in [6.45, 7) is 21.4. The lowest BCUT2D eigenvalue weighted by molar-refractivity contribution is 0.161. The van der Waals surface area contributed by atoms with E-state index in [2.05, 4.69) is 52.4 Å². The van der Waals surface area contributed by atoms with E-state index in [1.165, 1.54) is 0 Å². The lowest BCUT2D eigenvalue weighted by Crippen LogP contribution is -2.51. The Bertz CT molecular complexity index is 332. The fourth-order valence-corrected chi connectivity index (χ4v) is 3.98. The molecule has 0 aliphatic carbocycles. The fraction of sp³-hybridized carbons (Fsp3) is 1.00. The molecular weight excluding hydrogens is 286 g/mol. The van der Waals surface area contributed by atoms with Gasteiger partial charge in [0.05, 0.1) is 21.8 Å². The largest absolute Gasteiger partial charge is 0.413 e. The Morgan fingerprint density at radius 3 is 1.90 bits per heavy atom. The first-order chi connectivity index (χ1) is 8.72. The summed E-state index contributed by atoms with van der Waals surface area (Å²) in [5.41, 5.74) is 0. The Morgan fingerprint density at radius 2 is 1.60 bits per heavy atom. The lowest BCUT2D eigenvalue weighted by Gasteiger charge is -2.40. The van der Waals surface area contributed by atoms with Gasteiger partial charge < -0.3 is 4.43 Å². The van der Waals surface area contributed by atoms with Gasteiger partial charge in [-0.15, -0.1) is 0 Å². The SMILES string of the molecule is CC[C@H](N[S@@](=O)C(C)(C)C)[C@H](C)O[Si](C)(C)C(C)(C)C. The van der Waals surface area contributed by atoms with Crippen LogP contribution in [-0.4, -0.2) is 29.4 Å². The predicted octanol–water partition coefficient (Wildman–Crippen LogP) is 4.23. The molecule has 0 heterocycles. The molecule has 0 spiro atoms. The molecule has 0 aliphatic rings. The summed E-state index contributed by atoms with van der Waals surface area (Å²) in [6.07, 6.45) is 0.990. The van der Waals surface area contributed by atoms with E-state index in [1.54, 1.807) is 0 Å². The Balaban J connectivity index is 4.81. The van der Waals surface area contributed by atoms with Crippen LogP contribution in [0, 0.1) is 0 Å². The highest BCUT2D eigenvalue weighted by atomic mass is 32.2. The van der Waals surface area contributed by atoms with Crippen LogP contribution in [0.1, 0.15) is 61.8 Å². The zero-order chi connectivity index (χ0) is 16.4. The Kier molecular flexibility index (Phi) is 7.13. The summed E-state index contributed by atoms with van der Waals surface area (Å²) < 4.78 is 21.7. The van der Waals surface area contributed by atoms with E-state index in [1.807, 2.05) is 20.8 Å². The number of hydrogen-bond acceptors (Lipinski definition) is 2. The average molecular weight is 322 g/mol. The molecule has 122 valence electrons. The molecule has 3 nitrogen and oxygen atoms in total. The molecule has 0 saturated heterocycles. The fourth-order valence-electron chi connectivity index (χ4n) is 1.55. The van der Waals surface area contributed by atoms with Gasteiger partial charge >= 0.3 is 0 Å². The first-order valence-corrected chi connectivity index (χ1v) is 11.6. The van der Waals surface area contributed by atoms with E-state index in [0.29, 0.717) is 0 Å². The highest BCUT2D eigenvalue weighted by molar-refractivity contribution is 7.84. The lowest BCUT2D eigenvalue weighted by atomic mass is 10.1. The van der Waals surface area contributed by atoms with Crippen molar-refractivity contribution in [3.63, 3.8) is 0 Å². The van der Waals surface area contributed by atoms with Crippen LogP contribution in [0.15, 0.2) is 0 Å². The van der Waals surface area contributed by atoms with E-state index in [4.69, 9.17) is 4.43 Å². The van der Waals surface area contributed by atoms with Gasteiger partial charge in [0.2, 0.25) is 0 Å². The van der Waals surface area contributed by atoms with Crippen LogP contribution in [0.2, 0.25) is 18.1 Å². The molecule has 0 rings (SSSR count).